The van der Waals surface area contributed by atoms with E-state index >= 15 is 0 Å². The molecule has 0 unspecified atom stereocenters. The summed E-state index contributed by atoms with van der Waals surface area (Å²) in [7, 11) is 0. The zero-order chi connectivity index (χ0) is 15.7. The summed E-state index contributed by atoms with van der Waals surface area (Å²) in [6, 6.07) is 9.21. The molecule has 7 nitrogen and oxygen atoms in total. The van der Waals surface area contributed by atoms with Crippen LogP contribution in [0, 0.1) is 4.77 Å². The largest absolute Gasteiger partial charge is 0.359 e. The first-order valence-electron chi connectivity index (χ1n) is 6.56. The summed E-state index contributed by atoms with van der Waals surface area (Å²) in [5.41, 5.74) is 0.142. The number of nitrogens with zero attached hydrogens (tertiary/aromatic N) is 1. The third-order valence-corrected chi connectivity index (χ3v) is 3.46. The van der Waals surface area contributed by atoms with Crippen LogP contribution in [-0.2, 0) is 9.59 Å². The van der Waals surface area contributed by atoms with Crippen molar-refractivity contribution in [1.82, 2.24) is 9.97 Å². The highest BCUT2D eigenvalue weighted by molar-refractivity contribution is 7.71. The number of hydrogen-bond acceptors (Lipinski definition) is 5. The number of nitrogens with one attached hydrogen (secondary N) is 3. The predicted octanol–water partition coefficient (Wildman–Crippen LogP) is 1.18. The number of para-hydroxylation sites is 1. The number of benzene rings is 1. The van der Waals surface area contributed by atoms with E-state index in [1.807, 2.05) is 0 Å². The van der Waals surface area contributed by atoms with Crippen molar-refractivity contribution in [3.63, 3.8) is 0 Å². The third-order valence-electron chi connectivity index (χ3n) is 3.25. The molecule has 0 aliphatic carbocycles. The summed E-state index contributed by atoms with van der Waals surface area (Å²) in [5, 5.41) is 2.85. The lowest BCUT2D eigenvalue weighted by Crippen LogP contribution is -2.35. The molecule has 1 aliphatic heterocycles. The Hall–Kier alpha value is -2.74. The van der Waals surface area contributed by atoms with E-state index in [4.69, 9.17) is 12.2 Å². The number of aromatic nitrogens is 2. The average Bonchev–Trinajstić information content (AvgIpc) is 2.73. The van der Waals surface area contributed by atoms with Crippen LogP contribution in [0.2, 0.25) is 0 Å². The van der Waals surface area contributed by atoms with Gasteiger partial charge in [0.15, 0.2) is 4.77 Å². The summed E-state index contributed by atoms with van der Waals surface area (Å²) in [6.45, 7) is 0. The molecule has 1 aromatic heterocycles. The number of anilines is 2. The maximum atomic E-state index is 12.4. The molecule has 1 fully saturated rings. The monoisotopic (exact) mass is 316 g/mol. The fourth-order valence-electron chi connectivity index (χ4n) is 2.33. The van der Waals surface area contributed by atoms with E-state index in [-0.39, 0.29) is 28.6 Å². The molecule has 2 amide bonds. The fourth-order valence-corrected chi connectivity index (χ4v) is 2.54. The van der Waals surface area contributed by atoms with Crippen LogP contribution in [0.4, 0.5) is 11.5 Å². The molecule has 1 aromatic carbocycles. The number of carbonyl (C=O) groups excluding carboxylic acids is 2. The summed E-state index contributed by atoms with van der Waals surface area (Å²) >= 11 is 4.87. The van der Waals surface area contributed by atoms with E-state index in [0.29, 0.717) is 11.5 Å². The predicted molar refractivity (Wildman–Crippen MR) is 83.2 cm³/mol. The van der Waals surface area contributed by atoms with Crippen molar-refractivity contribution in [2.75, 3.05) is 10.2 Å². The second-order valence-corrected chi connectivity index (χ2v) is 5.21. The van der Waals surface area contributed by atoms with Crippen LogP contribution in [-0.4, -0.2) is 27.8 Å². The summed E-state index contributed by atoms with van der Waals surface area (Å²) in [4.78, 5) is 42.1. The molecule has 1 saturated heterocycles. The minimum absolute atomic E-state index is 0.0150. The normalized spacial score (nSPS) is 17.8. The molecule has 3 rings (SSSR count). The van der Waals surface area contributed by atoms with Crippen molar-refractivity contribution < 1.29 is 9.59 Å². The van der Waals surface area contributed by atoms with Crippen LogP contribution in [0.3, 0.4) is 0 Å². The molecule has 1 atom stereocenters. The molecule has 3 N–H and O–H groups in total. The summed E-state index contributed by atoms with van der Waals surface area (Å²) in [5.74, 6) is -0.359. The molecule has 2 aromatic rings. The second-order valence-electron chi connectivity index (χ2n) is 4.81. The molecule has 0 spiro atoms. The van der Waals surface area contributed by atoms with Crippen LogP contribution < -0.4 is 15.8 Å². The number of rotatable bonds is 3. The Morgan fingerprint density at radius 1 is 1.14 bits per heavy atom. The maximum absolute atomic E-state index is 12.4. The molecular formula is C14H12N4O3S. The Morgan fingerprint density at radius 2 is 1.86 bits per heavy atom. The first kappa shape index (κ1) is 14.2. The topological polar surface area (TPSA) is 98.1 Å². The lowest BCUT2D eigenvalue weighted by Gasteiger charge is -2.15. The Bertz CT molecular complexity index is 815. The Labute approximate surface area is 130 Å². The van der Waals surface area contributed by atoms with Gasteiger partial charge in [-0.25, -0.2) is 4.90 Å². The van der Waals surface area contributed by atoms with Gasteiger partial charge in [-0.05, 0) is 24.4 Å². The van der Waals surface area contributed by atoms with Crippen molar-refractivity contribution >= 4 is 35.5 Å². The molecule has 0 radical (unpaired) electrons. The molecular weight excluding hydrogens is 304 g/mol. The quantitative estimate of drug-likeness (QED) is 0.583. The van der Waals surface area contributed by atoms with E-state index in [1.54, 1.807) is 30.3 Å². The molecule has 8 heteroatoms. The van der Waals surface area contributed by atoms with Crippen molar-refractivity contribution in [3.8, 4) is 0 Å². The van der Waals surface area contributed by atoms with Gasteiger partial charge in [0.1, 0.15) is 11.9 Å². The molecule has 22 heavy (non-hydrogen) atoms. The van der Waals surface area contributed by atoms with Crippen LogP contribution in [0.1, 0.15) is 6.42 Å². The Balaban J connectivity index is 1.85. The van der Waals surface area contributed by atoms with Crippen molar-refractivity contribution in [2.45, 2.75) is 12.5 Å². The maximum Gasteiger partial charge on any atom is 0.256 e. The first-order valence-corrected chi connectivity index (χ1v) is 6.97. The van der Waals surface area contributed by atoms with Gasteiger partial charge in [0, 0.05) is 6.07 Å². The standard InChI is InChI=1S/C14H12N4O3S/c19-11-7-10(16-14(22)17-11)15-9-6-12(20)18(13(9)21)8-4-2-1-3-5-8/h1-5,7,9H,6H2,(H3,15,16,17,19,22)/t9-/m0/s1. The first-order chi connectivity index (χ1) is 10.5. The Morgan fingerprint density at radius 3 is 2.55 bits per heavy atom. The molecule has 112 valence electrons. The highest BCUT2D eigenvalue weighted by Crippen LogP contribution is 2.23. The van der Waals surface area contributed by atoms with Crippen molar-refractivity contribution in [2.24, 2.45) is 0 Å². The average molecular weight is 316 g/mol. The second kappa shape index (κ2) is 5.57. The van der Waals surface area contributed by atoms with Gasteiger partial charge in [-0.15, -0.1) is 0 Å². The molecule has 1 aliphatic rings. The van der Waals surface area contributed by atoms with E-state index < -0.39 is 6.04 Å². The van der Waals surface area contributed by atoms with E-state index in [2.05, 4.69) is 15.3 Å². The summed E-state index contributed by atoms with van der Waals surface area (Å²) < 4.78 is 0.145. The number of amides is 2. The smallest absolute Gasteiger partial charge is 0.256 e. The Kier molecular flexibility index (Phi) is 3.60. The van der Waals surface area contributed by atoms with Gasteiger partial charge >= 0.3 is 0 Å². The SMILES string of the molecule is O=C1C[C@H](Nc2cc(=O)[nH]c(=S)[nH]2)C(=O)N1c1ccccc1. The van der Waals surface area contributed by atoms with E-state index in [0.717, 1.165) is 4.90 Å². The van der Waals surface area contributed by atoms with Gasteiger partial charge in [-0.3, -0.25) is 19.4 Å². The van der Waals surface area contributed by atoms with Crippen molar-refractivity contribution in [1.29, 1.82) is 0 Å². The van der Waals surface area contributed by atoms with Gasteiger partial charge in [0.25, 0.3) is 11.5 Å². The number of carbonyl (C=O) groups is 2. The highest BCUT2D eigenvalue weighted by atomic mass is 32.1. The van der Waals surface area contributed by atoms with Crippen molar-refractivity contribution in [3.05, 3.63) is 51.5 Å². The fraction of sp³-hybridized carbons (Fsp3) is 0.143. The van der Waals surface area contributed by atoms with Gasteiger partial charge in [-0.2, -0.15) is 0 Å². The van der Waals surface area contributed by atoms with E-state index in [1.165, 1.54) is 6.07 Å². The van der Waals surface area contributed by atoms with Gasteiger partial charge in [0.2, 0.25) is 5.91 Å². The number of aromatic amines is 2. The summed E-state index contributed by atoms with van der Waals surface area (Å²) in [6.07, 6.45) is 0.0150. The van der Waals surface area contributed by atoms with Gasteiger partial charge in [0.05, 0.1) is 12.1 Å². The highest BCUT2D eigenvalue weighted by Gasteiger charge is 2.39. The van der Waals surface area contributed by atoms with Gasteiger partial charge < -0.3 is 10.3 Å². The van der Waals surface area contributed by atoms with Gasteiger partial charge in [-0.1, -0.05) is 18.2 Å². The number of H-pyrrole nitrogens is 2. The van der Waals surface area contributed by atoms with Crippen LogP contribution >= 0.6 is 12.2 Å². The third kappa shape index (κ3) is 2.68. The number of imide groups is 1. The lowest BCUT2D eigenvalue weighted by molar-refractivity contribution is -0.121. The van der Waals surface area contributed by atoms with Crippen LogP contribution in [0.15, 0.2) is 41.2 Å². The molecule has 2 heterocycles. The zero-order valence-electron chi connectivity index (χ0n) is 11.3. The molecule has 0 bridgehead atoms. The van der Waals surface area contributed by atoms with Crippen LogP contribution in [0.25, 0.3) is 0 Å². The van der Waals surface area contributed by atoms with Crippen LogP contribution in [0.5, 0.6) is 0 Å². The minimum Gasteiger partial charge on any atom is -0.359 e. The number of hydrogen-bond donors (Lipinski definition) is 3. The zero-order valence-corrected chi connectivity index (χ0v) is 12.1. The van der Waals surface area contributed by atoms with E-state index in [9.17, 15) is 14.4 Å². The lowest BCUT2D eigenvalue weighted by atomic mass is 10.2. The minimum atomic E-state index is -0.736. The molecule has 0 saturated carbocycles.